The molecular weight excluding hydrogens is 693 g/mol. The SMILES string of the molecule is c1ccc(N(c2ccc3ccc4ccccc4c3c2)c2ccc3oc4ccc5cccc(-c6cccc7c6c6ccccc6n7-c6ccccc6)c5c4c3c2)cc1. The van der Waals surface area contributed by atoms with Crippen molar-refractivity contribution < 1.29 is 4.42 Å². The number of fused-ring (bicyclic) bond motifs is 11. The minimum absolute atomic E-state index is 0.868. The van der Waals surface area contributed by atoms with Crippen LogP contribution in [0.15, 0.2) is 211 Å². The van der Waals surface area contributed by atoms with Gasteiger partial charge in [0.1, 0.15) is 11.2 Å². The van der Waals surface area contributed by atoms with Crippen LogP contribution in [0.1, 0.15) is 0 Å². The van der Waals surface area contributed by atoms with E-state index < -0.39 is 0 Å². The van der Waals surface area contributed by atoms with Crippen molar-refractivity contribution >= 4 is 93.1 Å². The third-order valence-corrected chi connectivity index (χ3v) is 11.7. The molecule has 0 saturated heterocycles. The van der Waals surface area contributed by atoms with Crippen LogP contribution < -0.4 is 4.90 Å². The van der Waals surface area contributed by atoms with Crippen molar-refractivity contribution in [2.45, 2.75) is 0 Å². The van der Waals surface area contributed by atoms with E-state index in [-0.39, 0.29) is 0 Å². The highest BCUT2D eigenvalue weighted by Gasteiger charge is 2.21. The summed E-state index contributed by atoms with van der Waals surface area (Å²) in [4.78, 5) is 2.37. The van der Waals surface area contributed by atoms with Gasteiger partial charge in [-0.3, -0.25) is 0 Å². The molecule has 0 aliphatic heterocycles. The maximum Gasteiger partial charge on any atom is 0.136 e. The summed E-state index contributed by atoms with van der Waals surface area (Å²) < 4.78 is 9.09. The Kier molecular flexibility index (Phi) is 6.93. The molecule has 2 heterocycles. The zero-order valence-electron chi connectivity index (χ0n) is 30.9. The summed E-state index contributed by atoms with van der Waals surface area (Å²) in [5, 5.41) is 12.0. The first kappa shape index (κ1) is 31.7. The van der Waals surface area contributed by atoms with E-state index in [1.165, 1.54) is 65.3 Å². The molecule has 3 nitrogen and oxygen atoms in total. The van der Waals surface area contributed by atoms with Gasteiger partial charge in [-0.1, -0.05) is 133 Å². The van der Waals surface area contributed by atoms with Gasteiger partial charge in [0, 0.05) is 49.7 Å². The minimum atomic E-state index is 0.868. The van der Waals surface area contributed by atoms with E-state index >= 15 is 0 Å². The van der Waals surface area contributed by atoms with Crippen molar-refractivity contribution in [2.75, 3.05) is 4.90 Å². The highest BCUT2D eigenvalue weighted by Crippen LogP contribution is 2.46. The first-order valence-corrected chi connectivity index (χ1v) is 19.5. The third-order valence-electron chi connectivity index (χ3n) is 11.7. The Morgan fingerprint density at radius 1 is 0.333 bits per heavy atom. The summed E-state index contributed by atoms with van der Waals surface area (Å²) >= 11 is 0. The van der Waals surface area contributed by atoms with Crippen LogP contribution in [0.4, 0.5) is 17.1 Å². The van der Waals surface area contributed by atoms with Gasteiger partial charge in [0.15, 0.2) is 0 Å². The predicted octanol–water partition coefficient (Wildman–Crippen LogP) is 15.3. The monoisotopic (exact) mass is 726 g/mol. The molecule has 10 aromatic carbocycles. The average molecular weight is 727 g/mol. The van der Waals surface area contributed by atoms with Crippen LogP contribution in [0.25, 0.3) is 92.9 Å². The van der Waals surface area contributed by atoms with Crippen molar-refractivity contribution in [2.24, 2.45) is 0 Å². The van der Waals surface area contributed by atoms with Crippen LogP contribution in [-0.4, -0.2) is 4.57 Å². The molecular formula is C54H34N2O. The lowest BCUT2D eigenvalue weighted by atomic mass is 9.92. The molecule has 0 aliphatic carbocycles. The van der Waals surface area contributed by atoms with Crippen LogP contribution in [0.5, 0.6) is 0 Å². The van der Waals surface area contributed by atoms with E-state index in [2.05, 4.69) is 216 Å². The van der Waals surface area contributed by atoms with Crippen LogP contribution >= 0.6 is 0 Å². The molecule has 0 saturated carbocycles. The zero-order valence-corrected chi connectivity index (χ0v) is 30.9. The molecule has 0 N–H and O–H groups in total. The fraction of sp³-hybridized carbons (Fsp3) is 0. The molecule has 0 radical (unpaired) electrons. The van der Waals surface area contributed by atoms with Crippen molar-refractivity contribution in [1.82, 2.24) is 4.57 Å². The quantitative estimate of drug-likeness (QED) is 0.165. The molecule has 12 rings (SSSR count). The number of hydrogen-bond acceptors (Lipinski definition) is 2. The Labute approximate surface area is 328 Å². The van der Waals surface area contributed by atoms with Crippen LogP contribution in [0.3, 0.4) is 0 Å². The van der Waals surface area contributed by atoms with Gasteiger partial charge in [0.25, 0.3) is 0 Å². The lowest BCUT2D eigenvalue weighted by Crippen LogP contribution is -2.09. The van der Waals surface area contributed by atoms with E-state index in [0.717, 1.165) is 44.7 Å². The predicted molar refractivity (Wildman–Crippen MR) is 241 cm³/mol. The number of aromatic nitrogens is 1. The molecule has 0 unspecified atom stereocenters. The number of anilines is 3. The standard InChI is InChI=1S/C54H34N2O/c1-3-15-38(16-4-1)55(40-29-27-36-26-25-35-13-7-8-19-42(35)46(36)33-40)41-30-32-50-47(34-41)54-51(57-50)31-28-37-14-11-21-43(52(37)54)44-22-12-24-49-53(44)45-20-9-10-23-48(45)56(49)39-17-5-2-6-18-39/h1-34H. The van der Waals surface area contributed by atoms with Gasteiger partial charge < -0.3 is 13.9 Å². The molecule has 3 heteroatoms. The van der Waals surface area contributed by atoms with Gasteiger partial charge in [0.2, 0.25) is 0 Å². The number of rotatable bonds is 5. The molecule has 0 amide bonds. The second-order valence-corrected chi connectivity index (χ2v) is 14.9. The first-order chi connectivity index (χ1) is 28.3. The lowest BCUT2D eigenvalue weighted by Gasteiger charge is -2.26. The number of hydrogen-bond donors (Lipinski definition) is 0. The molecule has 0 atom stereocenters. The number of para-hydroxylation sites is 3. The van der Waals surface area contributed by atoms with Gasteiger partial charge in [0.05, 0.1) is 11.0 Å². The summed E-state index contributed by atoms with van der Waals surface area (Å²) in [6.07, 6.45) is 0. The van der Waals surface area contributed by atoms with E-state index in [1.54, 1.807) is 0 Å². The molecule has 0 bridgehead atoms. The fourth-order valence-corrected chi connectivity index (χ4v) is 9.25. The average Bonchev–Trinajstić information content (AvgIpc) is 3.83. The molecule has 0 aliphatic rings. The maximum absolute atomic E-state index is 6.70. The van der Waals surface area contributed by atoms with E-state index in [1.807, 2.05) is 0 Å². The molecule has 57 heavy (non-hydrogen) atoms. The second-order valence-electron chi connectivity index (χ2n) is 14.9. The molecule has 12 aromatic rings. The highest BCUT2D eigenvalue weighted by molar-refractivity contribution is 6.26. The Hall–Kier alpha value is -7.62. The van der Waals surface area contributed by atoms with Gasteiger partial charge in [-0.2, -0.15) is 0 Å². The Morgan fingerprint density at radius 3 is 1.75 bits per heavy atom. The summed E-state index contributed by atoms with van der Waals surface area (Å²) in [5.74, 6) is 0. The van der Waals surface area contributed by atoms with Crippen molar-refractivity contribution in [3.8, 4) is 16.8 Å². The highest BCUT2D eigenvalue weighted by atomic mass is 16.3. The van der Waals surface area contributed by atoms with E-state index in [4.69, 9.17) is 4.42 Å². The van der Waals surface area contributed by atoms with Crippen LogP contribution in [0, 0.1) is 0 Å². The number of furan rings is 1. The van der Waals surface area contributed by atoms with Crippen molar-refractivity contribution in [1.29, 1.82) is 0 Å². The summed E-state index contributed by atoms with van der Waals surface area (Å²) in [6.45, 7) is 0. The van der Waals surface area contributed by atoms with Crippen LogP contribution in [-0.2, 0) is 0 Å². The number of benzene rings is 10. The van der Waals surface area contributed by atoms with Gasteiger partial charge >= 0.3 is 0 Å². The molecule has 2 aromatic heterocycles. The first-order valence-electron chi connectivity index (χ1n) is 19.5. The van der Waals surface area contributed by atoms with Crippen LogP contribution in [0.2, 0.25) is 0 Å². The van der Waals surface area contributed by atoms with Crippen molar-refractivity contribution in [3.63, 3.8) is 0 Å². The molecule has 0 fully saturated rings. The smallest absolute Gasteiger partial charge is 0.136 e. The topological polar surface area (TPSA) is 21.3 Å². The van der Waals surface area contributed by atoms with Crippen molar-refractivity contribution in [3.05, 3.63) is 206 Å². The minimum Gasteiger partial charge on any atom is -0.456 e. The van der Waals surface area contributed by atoms with E-state index in [9.17, 15) is 0 Å². The van der Waals surface area contributed by atoms with Gasteiger partial charge in [-0.15, -0.1) is 0 Å². The third kappa shape index (κ3) is 4.86. The second kappa shape index (κ2) is 12.5. The molecule has 266 valence electrons. The fourth-order valence-electron chi connectivity index (χ4n) is 9.25. The lowest BCUT2D eigenvalue weighted by molar-refractivity contribution is 0.669. The zero-order chi connectivity index (χ0) is 37.5. The summed E-state index contributed by atoms with van der Waals surface area (Å²) in [6, 6.07) is 74.4. The van der Waals surface area contributed by atoms with Gasteiger partial charge in [-0.05, 0) is 111 Å². The van der Waals surface area contributed by atoms with Gasteiger partial charge in [-0.25, -0.2) is 0 Å². The Morgan fingerprint density at radius 2 is 0.912 bits per heavy atom. The summed E-state index contributed by atoms with van der Waals surface area (Å²) in [5.41, 5.74) is 10.9. The maximum atomic E-state index is 6.70. The Balaban J connectivity index is 1.12. The number of nitrogens with zero attached hydrogens (tertiary/aromatic N) is 2. The molecule has 0 spiro atoms. The summed E-state index contributed by atoms with van der Waals surface area (Å²) in [7, 11) is 0. The van der Waals surface area contributed by atoms with E-state index in [0.29, 0.717) is 0 Å². The Bertz CT molecular complexity index is 3520. The largest absolute Gasteiger partial charge is 0.456 e. The normalized spacial score (nSPS) is 11.9.